The van der Waals surface area contributed by atoms with Crippen LogP contribution in [0.15, 0.2) is 35.3 Å². The van der Waals surface area contributed by atoms with E-state index in [0.29, 0.717) is 31.9 Å². The van der Waals surface area contributed by atoms with Crippen LogP contribution < -0.4 is 0 Å². The van der Waals surface area contributed by atoms with E-state index in [0.717, 1.165) is 6.54 Å². The summed E-state index contributed by atoms with van der Waals surface area (Å²) in [5.41, 5.74) is 1.50. The molecule has 3 heteroatoms. The molecule has 1 aliphatic heterocycles. The summed E-state index contributed by atoms with van der Waals surface area (Å²) in [5.74, 6) is 0. The third-order valence-electron chi connectivity index (χ3n) is 4.52. The summed E-state index contributed by atoms with van der Waals surface area (Å²) >= 11 is 0.489. The standard InChI is InChI=1S/C18H26N2Se/c1-14(2)20-13-17(15-9-5-3-6-10-15)21-18(20)19-16-11-7-4-8-12-16/h3,5-6,9-10,14,16-17H,4,7-8,11-13H2,1-2H3. The van der Waals surface area contributed by atoms with E-state index < -0.39 is 0 Å². The summed E-state index contributed by atoms with van der Waals surface area (Å²) in [6.45, 7) is 5.77. The summed E-state index contributed by atoms with van der Waals surface area (Å²) in [7, 11) is 0. The van der Waals surface area contributed by atoms with Crippen molar-refractivity contribution in [1.82, 2.24) is 4.90 Å². The maximum absolute atomic E-state index is 5.18. The summed E-state index contributed by atoms with van der Waals surface area (Å²) in [6, 6.07) is 12.2. The van der Waals surface area contributed by atoms with Gasteiger partial charge in [0.1, 0.15) is 0 Å². The molecule has 114 valence electrons. The van der Waals surface area contributed by atoms with Crippen molar-refractivity contribution in [3.8, 4) is 0 Å². The zero-order chi connectivity index (χ0) is 14.7. The molecule has 1 heterocycles. The van der Waals surface area contributed by atoms with Crippen molar-refractivity contribution >= 4 is 19.7 Å². The Balaban J connectivity index is 1.76. The van der Waals surface area contributed by atoms with Crippen LogP contribution in [0.2, 0.25) is 0 Å². The van der Waals surface area contributed by atoms with Gasteiger partial charge in [0.05, 0.1) is 0 Å². The van der Waals surface area contributed by atoms with Gasteiger partial charge < -0.3 is 0 Å². The van der Waals surface area contributed by atoms with Gasteiger partial charge in [0.15, 0.2) is 0 Å². The van der Waals surface area contributed by atoms with Gasteiger partial charge in [-0.05, 0) is 0 Å². The number of benzene rings is 1. The quantitative estimate of drug-likeness (QED) is 0.757. The summed E-state index contributed by atoms with van der Waals surface area (Å²) in [6.07, 6.45) is 6.77. The third kappa shape index (κ3) is 3.70. The molecule has 1 atom stereocenters. The van der Waals surface area contributed by atoms with E-state index in [2.05, 4.69) is 49.1 Å². The van der Waals surface area contributed by atoms with Crippen molar-refractivity contribution in [2.45, 2.75) is 62.9 Å². The number of hydrogen-bond acceptors (Lipinski definition) is 1. The van der Waals surface area contributed by atoms with Crippen LogP contribution in [0, 0.1) is 0 Å². The Morgan fingerprint density at radius 1 is 1.10 bits per heavy atom. The molecular formula is C18H26N2Se. The number of rotatable bonds is 3. The van der Waals surface area contributed by atoms with Gasteiger partial charge in [0.25, 0.3) is 0 Å². The molecule has 0 amide bonds. The van der Waals surface area contributed by atoms with E-state index in [1.54, 1.807) is 0 Å². The molecule has 1 saturated carbocycles. The van der Waals surface area contributed by atoms with Crippen LogP contribution in [0.5, 0.6) is 0 Å². The van der Waals surface area contributed by atoms with Crippen LogP contribution in [0.4, 0.5) is 0 Å². The van der Waals surface area contributed by atoms with Gasteiger partial charge in [-0.15, -0.1) is 0 Å². The van der Waals surface area contributed by atoms with Crippen molar-refractivity contribution < 1.29 is 0 Å². The molecular weight excluding hydrogens is 323 g/mol. The molecule has 0 spiro atoms. The molecule has 1 unspecified atom stereocenters. The maximum atomic E-state index is 5.18. The topological polar surface area (TPSA) is 15.6 Å². The number of aliphatic imine (C=N–C) groups is 1. The fourth-order valence-electron chi connectivity index (χ4n) is 3.23. The van der Waals surface area contributed by atoms with E-state index in [4.69, 9.17) is 4.99 Å². The van der Waals surface area contributed by atoms with E-state index in [1.165, 1.54) is 42.4 Å². The van der Waals surface area contributed by atoms with E-state index in [9.17, 15) is 0 Å². The average Bonchev–Trinajstić information content (AvgIpc) is 2.93. The molecule has 0 aromatic heterocycles. The molecule has 2 aliphatic rings. The van der Waals surface area contributed by atoms with Gasteiger partial charge >= 0.3 is 135 Å². The van der Waals surface area contributed by atoms with E-state index in [1.807, 2.05) is 0 Å². The molecule has 2 fully saturated rings. The first-order chi connectivity index (χ1) is 10.2. The molecule has 2 nitrogen and oxygen atoms in total. The van der Waals surface area contributed by atoms with Crippen molar-refractivity contribution in [3.63, 3.8) is 0 Å². The SMILES string of the molecule is CC(C)N1CC(c2ccccc2)[Se]C1=NC1CCCCC1. The van der Waals surface area contributed by atoms with Gasteiger partial charge in [0.2, 0.25) is 0 Å². The number of nitrogens with zero attached hydrogens (tertiary/aromatic N) is 2. The van der Waals surface area contributed by atoms with Crippen LogP contribution in [0.3, 0.4) is 0 Å². The monoisotopic (exact) mass is 350 g/mol. The molecule has 1 aromatic carbocycles. The Bertz CT molecular complexity index is 477. The Hall–Kier alpha value is -0.791. The summed E-state index contributed by atoms with van der Waals surface area (Å²) in [4.78, 5) is 8.43. The average molecular weight is 349 g/mol. The fraction of sp³-hybridized carbons (Fsp3) is 0.611. The third-order valence-corrected chi connectivity index (χ3v) is 7.15. The first-order valence-electron chi connectivity index (χ1n) is 8.30. The van der Waals surface area contributed by atoms with Crippen LogP contribution in [-0.2, 0) is 0 Å². The van der Waals surface area contributed by atoms with Crippen molar-refractivity contribution in [1.29, 1.82) is 0 Å². The van der Waals surface area contributed by atoms with Crippen LogP contribution >= 0.6 is 0 Å². The Labute approximate surface area is 135 Å². The molecule has 1 saturated heterocycles. The fourth-order valence-corrected chi connectivity index (χ4v) is 6.20. The number of amidine groups is 1. The predicted octanol–water partition coefficient (Wildman–Crippen LogP) is 3.84. The van der Waals surface area contributed by atoms with Crippen molar-refractivity contribution in [3.05, 3.63) is 35.9 Å². The molecule has 1 aromatic rings. The molecule has 0 bridgehead atoms. The first-order valence-corrected chi connectivity index (χ1v) is 10.1. The summed E-state index contributed by atoms with van der Waals surface area (Å²) in [5, 5.41) is 0. The van der Waals surface area contributed by atoms with Gasteiger partial charge in [-0.1, -0.05) is 0 Å². The van der Waals surface area contributed by atoms with Gasteiger partial charge in [-0.2, -0.15) is 0 Å². The van der Waals surface area contributed by atoms with Gasteiger partial charge in [0, 0.05) is 0 Å². The van der Waals surface area contributed by atoms with E-state index in [-0.39, 0.29) is 0 Å². The zero-order valence-corrected chi connectivity index (χ0v) is 14.9. The first kappa shape index (κ1) is 15.1. The van der Waals surface area contributed by atoms with Crippen LogP contribution in [-0.4, -0.2) is 43.2 Å². The molecule has 0 N–H and O–H groups in total. The minimum absolute atomic E-state index is 0.489. The molecule has 21 heavy (non-hydrogen) atoms. The Morgan fingerprint density at radius 3 is 2.48 bits per heavy atom. The van der Waals surface area contributed by atoms with Crippen molar-refractivity contribution in [2.24, 2.45) is 4.99 Å². The minimum atomic E-state index is 0.489. The molecule has 3 rings (SSSR count). The van der Waals surface area contributed by atoms with Gasteiger partial charge in [-0.3, -0.25) is 0 Å². The second-order valence-electron chi connectivity index (χ2n) is 6.47. The molecule has 1 aliphatic carbocycles. The second kappa shape index (κ2) is 6.98. The van der Waals surface area contributed by atoms with Crippen LogP contribution in [0.25, 0.3) is 0 Å². The predicted molar refractivity (Wildman–Crippen MR) is 91.1 cm³/mol. The van der Waals surface area contributed by atoms with Gasteiger partial charge in [-0.25, -0.2) is 0 Å². The second-order valence-corrected chi connectivity index (χ2v) is 8.92. The van der Waals surface area contributed by atoms with E-state index >= 15 is 0 Å². The normalized spacial score (nSPS) is 26.0. The van der Waals surface area contributed by atoms with Crippen molar-refractivity contribution in [2.75, 3.05) is 6.54 Å². The van der Waals surface area contributed by atoms with Crippen LogP contribution in [0.1, 0.15) is 56.3 Å². The Kier molecular flexibility index (Phi) is 5.02. The molecule has 0 radical (unpaired) electrons. The zero-order valence-electron chi connectivity index (χ0n) is 13.2. The summed E-state index contributed by atoms with van der Waals surface area (Å²) < 4.78 is 1.43. The number of hydrogen-bond donors (Lipinski definition) is 0. The Morgan fingerprint density at radius 2 is 1.81 bits per heavy atom.